The summed E-state index contributed by atoms with van der Waals surface area (Å²) in [6, 6.07) is 14.6. The third-order valence-electron chi connectivity index (χ3n) is 4.11. The Labute approximate surface area is 124 Å². The van der Waals surface area contributed by atoms with Crippen molar-refractivity contribution in [2.45, 2.75) is 19.8 Å². The van der Waals surface area contributed by atoms with Gasteiger partial charge < -0.3 is 9.32 Å². The molecule has 1 aliphatic heterocycles. The molecule has 0 radical (unpaired) electrons. The van der Waals surface area contributed by atoms with Gasteiger partial charge in [0.25, 0.3) is 0 Å². The minimum absolute atomic E-state index is 0.701. The molecular formula is C18H18N2O. The number of aryl methyl sites for hydroxylation is 1. The third kappa shape index (κ3) is 2.29. The van der Waals surface area contributed by atoms with Gasteiger partial charge in [-0.15, -0.1) is 0 Å². The molecule has 3 heteroatoms. The Morgan fingerprint density at radius 1 is 1.05 bits per heavy atom. The third-order valence-corrected chi connectivity index (χ3v) is 4.11. The van der Waals surface area contributed by atoms with E-state index in [4.69, 9.17) is 4.42 Å². The summed E-state index contributed by atoms with van der Waals surface area (Å²) in [6.07, 6.45) is 2.56. The molecule has 2 aromatic carbocycles. The quantitative estimate of drug-likeness (QED) is 0.695. The number of oxazole rings is 1. The fourth-order valence-electron chi connectivity index (χ4n) is 2.99. The van der Waals surface area contributed by atoms with Gasteiger partial charge >= 0.3 is 0 Å². The van der Waals surface area contributed by atoms with Crippen molar-refractivity contribution in [1.82, 2.24) is 4.98 Å². The van der Waals surface area contributed by atoms with E-state index in [1.54, 1.807) is 0 Å². The van der Waals surface area contributed by atoms with Crippen LogP contribution in [0.4, 0.5) is 5.69 Å². The maximum Gasteiger partial charge on any atom is 0.227 e. The molecule has 2 heterocycles. The summed E-state index contributed by atoms with van der Waals surface area (Å²) >= 11 is 0. The van der Waals surface area contributed by atoms with Gasteiger partial charge in [0.15, 0.2) is 5.58 Å². The molecule has 1 aromatic heterocycles. The van der Waals surface area contributed by atoms with Gasteiger partial charge in [0.1, 0.15) is 5.52 Å². The van der Waals surface area contributed by atoms with Crippen molar-refractivity contribution >= 4 is 16.8 Å². The van der Waals surface area contributed by atoms with Gasteiger partial charge in [-0.2, -0.15) is 0 Å². The van der Waals surface area contributed by atoms with E-state index in [9.17, 15) is 0 Å². The smallest absolute Gasteiger partial charge is 0.227 e. The van der Waals surface area contributed by atoms with Crippen LogP contribution in [0.1, 0.15) is 18.4 Å². The fraction of sp³-hybridized carbons (Fsp3) is 0.278. The minimum atomic E-state index is 0.701. The van der Waals surface area contributed by atoms with Gasteiger partial charge in [-0.05, 0) is 44.0 Å². The number of hydrogen-bond donors (Lipinski definition) is 0. The molecule has 1 saturated heterocycles. The van der Waals surface area contributed by atoms with E-state index in [1.165, 1.54) is 24.1 Å². The molecule has 0 bridgehead atoms. The SMILES string of the molecule is Cc1cccc(-c2nc3ccc(N4CCCC4)cc3o2)c1. The molecular weight excluding hydrogens is 260 g/mol. The minimum Gasteiger partial charge on any atom is -0.436 e. The Morgan fingerprint density at radius 2 is 1.90 bits per heavy atom. The number of anilines is 1. The van der Waals surface area contributed by atoms with E-state index in [2.05, 4.69) is 47.1 Å². The molecule has 21 heavy (non-hydrogen) atoms. The summed E-state index contributed by atoms with van der Waals surface area (Å²) in [4.78, 5) is 7.02. The highest BCUT2D eigenvalue weighted by Gasteiger charge is 2.14. The molecule has 0 amide bonds. The van der Waals surface area contributed by atoms with Crippen molar-refractivity contribution < 1.29 is 4.42 Å². The number of fused-ring (bicyclic) bond motifs is 1. The van der Waals surface area contributed by atoms with Crippen molar-refractivity contribution in [3.8, 4) is 11.5 Å². The zero-order valence-electron chi connectivity index (χ0n) is 12.2. The van der Waals surface area contributed by atoms with Gasteiger partial charge in [0.05, 0.1) is 0 Å². The van der Waals surface area contributed by atoms with Crippen LogP contribution in [0.15, 0.2) is 46.9 Å². The second kappa shape index (κ2) is 4.92. The normalized spacial score (nSPS) is 15.0. The average Bonchev–Trinajstić information content (AvgIpc) is 3.16. The van der Waals surface area contributed by atoms with Gasteiger partial charge in [-0.25, -0.2) is 4.98 Å². The Kier molecular flexibility index (Phi) is 2.92. The molecule has 1 fully saturated rings. The lowest BCUT2D eigenvalue weighted by atomic mass is 10.1. The van der Waals surface area contributed by atoms with Crippen LogP contribution in [0.5, 0.6) is 0 Å². The van der Waals surface area contributed by atoms with Crippen LogP contribution in [-0.4, -0.2) is 18.1 Å². The summed E-state index contributed by atoms with van der Waals surface area (Å²) in [5, 5.41) is 0. The summed E-state index contributed by atoms with van der Waals surface area (Å²) in [5.74, 6) is 0.701. The molecule has 0 unspecified atom stereocenters. The maximum absolute atomic E-state index is 5.97. The number of hydrogen-bond acceptors (Lipinski definition) is 3. The zero-order chi connectivity index (χ0) is 14.2. The Morgan fingerprint density at radius 3 is 2.71 bits per heavy atom. The molecule has 106 valence electrons. The number of nitrogens with zero attached hydrogens (tertiary/aromatic N) is 2. The fourth-order valence-corrected chi connectivity index (χ4v) is 2.99. The predicted molar refractivity (Wildman–Crippen MR) is 85.6 cm³/mol. The van der Waals surface area contributed by atoms with E-state index < -0.39 is 0 Å². The van der Waals surface area contributed by atoms with Crippen LogP contribution in [0.25, 0.3) is 22.6 Å². The lowest BCUT2D eigenvalue weighted by Gasteiger charge is -2.16. The zero-order valence-corrected chi connectivity index (χ0v) is 12.2. The van der Waals surface area contributed by atoms with Crippen molar-refractivity contribution in [2.24, 2.45) is 0 Å². The molecule has 0 aliphatic carbocycles. The summed E-state index contributed by atoms with van der Waals surface area (Å²) in [5.41, 5.74) is 5.29. The molecule has 3 aromatic rings. The first kappa shape index (κ1) is 12.5. The highest BCUT2D eigenvalue weighted by molar-refractivity contribution is 5.80. The van der Waals surface area contributed by atoms with Crippen LogP contribution < -0.4 is 4.90 Å². The first-order valence-electron chi connectivity index (χ1n) is 7.52. The van der Waals surface area contributed by atoms with Gasteiger partial charge in [0.2, 0.25) is 5.89 Å². The van der Waals surface area contributed by atoms with Crippen LogP contribution in [0.3, 0.4) is 0 Å². The first-order chi connectivity index (χ1) is 10.3. The molecule has 1 aliphatic rings. The van der Waals surface area contributed by atoms with Crippen LogP contribution in [0, 0.1) is 6.92 Å². The maximum atomic E-state index is 5.97. The molecule has 0 saturated carbocycles. The molecule has 3 nitrogen and oxygen atoms in total. The van der Waals surface area contributed by atoms with E-state index in [-0.39, 0.29) is 0 Å². The highest BCUT2D eigenvalue weighted by Crippen LogP contribution is 2.29. The second-order valence-corrected chi connectivity index (χ2v) is 5.73. The van der Waals surface area contributed by atoms with Crippen molar-refractivity contribution in [3.05, 3.63) is 48.0 Å². The van der Waals surface area contributed by atoms with Crippen molar-refractivity contribution in [1.29, 1.82) is 0 Å². The molecule has 0 spiro atoms. The summed E-state index contributed by atoms with van der Waals surface area (Å²) in [7, 11) is 0. The van der Waals surface area contributed by atoms with Crippen LogP contribution >= 0.6 is 0 Å². The predicted octanol–water partition coefficient (Wildman–Crippen LogP) is 4.40. The number of aromatic nitrogens is 1. The standard InChI is InChI=1S/C18H18N2O/c1-13-5-4-6-14(11-13)18-19-16-8-7-15(12-17(16)21-18)20-9-2-3-10-20/h4-8,11-12H,2-3,9-10H2,1H3. The lowest BCUT2D eigenvalue weighted by Crippen LogP contribution is -2.17. The summed E-state index contributed by atoms with van der Waals surface area (Å²) in [6.45, 7) is 4.37. The van der Waals surface area contributed by atoms with E-state index in [1.807, 2.05) is 12.1 Å². The largest absolute Gasteiger partial charge is 0.436 e. The molecule has 4 rings (SSSR count). The van der Waals surface area contributed by atoms with Gasteiger partial charge in [-0.3, -0.25) is 0 Å². The number of rotatable bonds is 2. The lowest BCUT2D eigenvalue weighted by molar-refractivity contribution is 0.619. The topological polar surface area (TPSA) is 29.3 Å². The van der Waals surface area contributed by atoms with Crippen molar-refractivity contribution in [2.75, 3.05) is 18.0 Å². The van der Waals surface area contributed by atoms with Gasteiger partial charge in [0, 0.05) is 30.4 Å². The Balaban J connectivity index is 1.75. The Hall–Kier alpha value is -2.29. The average molecular weight is 278 g/mol. The number of benzene rings is 2. The van der Waals surface area contributed by atoms with Gasteiger partial charge in [-0.1, -0.05) is 17.7 Å². The van der Waals surface area contributed by atoms with E-state index >= 15 is 0 Å². The monoisotopic (exact) mass is 278 g/mol. The summed E-state index contributed by atoms with van der Waals surface area (Å²) < 4.78 is 5.97. The highest BCUT2D eigenvalue weighted by atomic mass is 16.3. The van der Waals surface area contributed by atoms with Crippen LogP contribution in [0.2, 0.25) is 0 Å². The molecule has 0 N–H and O–H groups in total. The Bertz CT molecular complexity index is 785. The molecule has 0 atom stereocenters. The van der Waals surface area contributed by atoms with E-state index in [0.29, 0.717) is 5.89 Å². The second-order valence-electron chi connectivity index (χ2n) is 5.73. The first-order valence-corrected chi connectivity index (χ1v) is 7.52. The van der Waals surface area contributed by atoms with E-state index in [0.717, 1.165) is 29.8 Å². The van der Waals surface area contributed by atoms with Crippen molar-refractivity contribution in [3.63, 3.8) is 0 Å². The van der Waals surface area contributed by atoms with Crippen LogP contribution in [-0.2, 0) is 0 Å².